The van der Waals surface area contributed by atoms with Gasteiger partial charge >= 0.3 is 5.97 Å². The molecular formula is C10H19NO3. The summed E-state index contributed by atoms with van der Waals surface area (Å²) in [5.41, 5.74) is 5.34. The average Bonchev–Trinajstić information content (AvgIpc) is 2.15. The highest BCUT2D eigenvalue weighted by molar-refractivity contribution is 5.72. The highest BCUT2D eigenvalue weighted by Crippen LogP contribution is 2.17. The number of esters is 1. The fourth-order valence-corrected chi connectivity index (χ4v) is 1.29. The number of methoxy groups -OCH3 is 1. The van der Waals surface area contributed by atoms with Crippen molar-refractivity contribution in [3.05, 3.63) is 12.3 Å². The summed E-state index contributed by atoms with van der Waals surface area (Å²) in [6.45, 7) is 3.98. The number of carbonyl (C=O) groups excluding carboxylic acids is 1. The Morgan fingerprint density at radius 3 is 2.64 bits per heavy atom. The molecule has 3 N–H and O–H groups in total. The molecule has 0 aliphatic carbocycles. The Morgan fingerprint density at radius 1 is 1.57 bits per heavy atom. The van der Waals surface area contributed by atoms with Gasteiger partial charge in [0, 0.05) is 6.42 Å². The standard InChI is InChI=1S/C10H19NO3/c1-8(12)7-9(10(13)14-2)5-3-4-6-11/h9,12H,1,3-7,11H2,2H3. The van der Waals surface area contributed by atoms with Crippen molar-refractivity contribution in [3.63, 3.8) is 0 Å². The lowest BCUT2D eigenvalue weighted by molar-refractivity contribution is -0.145. The molecule has 0 aromatic carbocycles. The summed E-state index contributed by atoms with van der Waals surface area (Å²) in [5, 5.41) is 9.00. The number of aliphatic hydroxyl groups excluding tert-OH is 1. The molecule has 0 aliphatic heterocycles. The molecule has 82 valence electrons. The minimum absolute atomic E-state index is 0.0214. The molecule has 0 aliphatic rings. The van der Waals surface area contributed by atoms with Gasteiger partial charge in [-0.05, 0) is 19.4 Å². The first-order valence-corrected chi connectivity index (χ1v) is 4.76. The van der Waals surface area contributed by atoms with Gasteiger partial charge in [0.25, 0.3) is 0 Å². The predicted octanol–water partition coefficient (Wildman–Crippen LogP) is 1.37. The zero-order valence-electron chi connectivity index (χ0n) is 8.66. The minimum atomic E-state index is -0.294. The largest absolute Gasteiger partial charge is 0.513 e. The Morgan fingerprint density at radius 2 is 2.21 bits per heavy atom. The van der Waals surface area contributed by atoms with Gasteiger partial charge in [0.1, 0.15) is 0 Å². The zero-order valence-corrected chi connectivity index (χ0v) is 8.66. The third kappa shape index (κ3) is 5.59. The molecule has 0 amide bonds. The Labute approximate surface area is 84.7 Å². The molecule has 0 heterocycles. The van der Waals surface area contributed by atoms with Gasteiger partial charge in [-0.15, -0.1) is 0 Å². The highest BCUT2D eigenvalue weighted by atomic mass is 16.5. The lowest BCUT2D eigenvalue weighted by Crippen LogP contribution is -2.17. The Bertz CT molecular complexity index is 192. The van der Waals surface area contributed by atoms with Crippen molar-refractivity contribution in [2.45, 2.75) is 25.7 Å². The van der Waals surface area contributed by atoms with Gasteiger partial charge in [-0.2, -0.15) is 0 Å². The fourth-order valence-electron chi connectivity index (χ4n) is 1.29. The SMILES string of the molecule is C=C(O)CC(CCCCN)C(=O)OC. The number of ether oxygens (including phenoxy) is 1. The number of hydrogen-bond acceptors (Lipinski definition) is 4. The van der Waals surface area contributed by atoms with Crippen molar-refractivity contribution in [3.8, 4) is 0 Å². The van der Waals surface area contributed by atoms with Crippen LogP contribution in [-0.4, -0.2) is 24.7 Å². The number of allylic oxidation sites excluding steroid dienone is 1. The van der Waals surface area contributed by atoms with E-state index in [2.05, 4.69) is 11.3 Å². The number of carbonyl (C=O) groups is 1. The third-order valence-corrected chi connectivity index (χ3v) is 2.02. The lowest BCUT2D eigenvalue weighted by atomic mass is 9.98. The van der Waals surface area contributed by atoms with Gasteiger partial charge in [-0.25, -0.2) is 0 Å². The number of rotatable bonds is 7. The molecule has 0 saturated heterocycles. The molecule has 4 nitrogen and oxygen atoms in total. The van der Waals surface area contributed by atoms with E-state index in [1.165, 1.54) is 7.11 Å². The van der Waals surface area contributed by atoms with Crippen molar-refractivity contribution in [2.24, 2.45) is 11.7 Å². The van der Waals surface area contributed by atoms with Crippen molar-refractivity contribution in [1.29, 1.82) is 0 Å². The molecule has 0 aromatic rings. The van der Waals surface area contributed by atoms with Crippen LogP contribution in [-0.2, 0) is 9.53 Å². The molecule has 0 saturated carbocycles. The van der Waals surface area contributed by atoms with Gasteiger partial charge < -0.3 is 15.6 Å². The molecular weight excluding hydrogens is 182 g/mol. The van der Waals surface area contributed by atoms with E-state index in [4.69, 9.17) is 10.8 Å². The topological polar surface area (TPSA) is 72.5 Å². The molecule has 1 atom stereocenters. The van der Waals surface area contributed by atoms with Crippen LogP contribution in [0.1, 0.15) is 25.7 Å². The predicted molar refractivity (Wildman–Crippen MR) is 54.8 cm³/mol. The fraction of sp³-hybridized carbons (Fsp3) is 0.700. The number of unbranched alkanes of at least 4 members (excludes halogenated alkanes) is 1. The minimum Gasteiger partial charge on any atom is -0.513 e. The van der Waals surface area contributed by atoms with Crippen molar-refractivity contribution in [2.75, 3.05) is 13.7 Å². The van der Waals surface area contributed by atoms with E-state index in [0.717, 1.165) is 12.8 Å². The molecule has 4 heteroatoms. The second-order valence-corrected chi connectivity index (χ2v) is 3.27. The molecule has 0 fully saturated rings. The highest BCUT2D eigenvalue weighted by Gasteiger charge is 2.19. The molecule has 14 heavy (non-hydrogen) atoms. The normalized spacial score (nSPS) is 12.1. The van der Waals surface area contributed by atoms with Crippen molar-refractivity contribution >= 4 is 5.97 Å². The molecule has 0 bridgehead atoms. The van der Waals surface area contributed by atoms with E-state index in [-0.39, 0.29) is 24.1 Å². The maximum atomic E-state index is 11.2. The summed E-state index contributed by atoms with van der Waals surface area (Å²) < 4.78 is 4.62. The smallest absolute Gasteiger partial charge is 0.309 e. The lowest BCUT2D eigenvalue weighted by Gasteiger charge is -2.13. The summed E-state index contributed by atoms with van der Waals surface area (Å²) in [5.74, 6) is -0.561. The second kappa shape index (κ2) is 7.38. The van der Waals surface area contributed by atoms with E-state index < -0.39 is 0 Å². The summed E-state index contributed by atoms with van der Waals surface area (Å²) in [4.78, 5) is 11.2. The first-order valence-electron chi connectivity index (χ1n) is 4.76. The van der Waals surface area contributed by atoms with Crippen LogP contribution < -0.4 is 5.73 Å². The van der Waals surface area contributed by atoms with Crippen molar-refractivity contribution < 1.29 is 14.6 Å². The van der Waals surface area contributed by atoms with Crippen LogP contribution in [0.5, 0.6) is 0 Å². The zero-order chi connectivity index (χ0) is 11.0. The summed E-state index contributed by atoms with van der Waals surface area (Å²) in [6, 6.07) is 0. The number of nitrogens with two attached hydrogens (primary N) is 1. The van der Waals surface area contributed by atoms with Gasteiger partial charge in [0.15, 0.2) is 0 Å². The van der Waals surface area contributed by atoms with Crippen LogP contribution in [0, 0.1) is 5.92 Å². The monoisotopic (exact) mass is 201 g/mol. The van der Waals surface area contributed by atoms with Crippen LogP contribution >= 0.6 is 0 Å². The van der Waals surface area contributed by atoms with Crippen LogP contribution in [0.2, 0.25) is 0 Å². The summed E-state index contributed by atoms with van der Waals surface area (Å²) in [7, 11) is 1.35. The van der Waals surface area contributed by atoms with Gasteiger partial charge in [-0.1, -0.05) is 13.0 Å². The van der Waals surface area contributed by atoms with E-state index in [9.17, 15) is 4.79 Å². The third-order valence-electron chi connectivity index (χ3n) is 2.02. The molecule has 0 rings (SSSR count). The maximum Gasteiger partial charge on any atom is 0.309 e. The summed E-state index contributed by atoms with van der Waals surface area (Å²) in [6.07, 6.45) is 2.70. The van der Waals surface area contributed by atoms with E-state index in [0.29, 0.717) is 13.0 Å². The van der Waals surface area contributed by atoms with Gasteiger partial charge in [-0.3, -0.25) is 4.79 Å². The molecule has 0 radical (unpaired) electrons. The van der Waals surface area contributed by atoms with Crippen molar-refractivity contribution in [1.82, 2.24) is 0 Å². The van der Waals surface area contributed by atoms with Crippen LogP contribution in [0.25, 0.3) is 0 Å². The Hall–Kier alpha value is -1.03. The second-order valence-electron chi connectivity index (χ2n) is 3.27. The summed E-state index contributed by atoms with van der Waals surface area (Å²) >= 11 is 0. The molecule has 0 aromatic heterocycles. The molecule has 0 spiro atoms. The first-order chi connectivity index (χ1) is 6.61. The first kappa shape index (κ1) is 13.0. The number of hydrogen-bond donors (Lipinski definition) is 2. The van der Waals surface area contributed by atoms with Crippen LogP contribution in [0.15, 0.2) is 12.3 Å². The van der Waals surface area contributed by atoms with E-state index in [1.807, 2.05) is 0 Å². The van der Waals surface area contributed by atoms with E-state index >= 15 is 0 Å². The average molecular weight is 201 g/mol. The molecule has 1 unspecified atom stereocenters. The van der Waals surface area contributed by atoms with Crippen LogP contribution in [0.3, 0.4) is 0 Å². The van der Waals surface area contributed by atoms with E-state index in [1.54, 1.807) is 0 Å². The van der Waals surface area contributed by atoms with Gasteiger partial charge in [0.05, 0.1) is 18.8 Å². The number of aliphatic hydroxyl groups is 1. The maximum absolute atomic E-state index is 11.2. The van der Waals surface area contributed by atoms with Gasteiger partial charge in [0.2, 0.25) is 0 Å². The quantitative estimate of drug-likeness (QED) is 0.370. The Balaban J connectivity index is 3.97. The Kier molecular flexibility index (Phi) is 6.84. The van der Waals surface area contributed by atoms with Crippen LogP contribution in [0.4, 0.5) is 0 Å².